The topological polar surface area (TPSA) is 86.8 Å². The molecule has 0 spiro atoms. The number of hydrogen-bond donors (Lipinski definition) is 1. The van der Waals surface area contributed by atoms with Gasteiger partial charge in [-0.15, -0.1) is 0 Å². The second kappa shape index (κ2) is 15.4. The molecule has 1 atom stereocenters. The summed E-state index contributed by atoms with van der Waals surface area (Å²) < 4.78 is 39.6. The Balaban J connectivity index is 1.90. The first kappa shape index (κ1) is 33.4. The van der Waals surface area contributed by atoms with Crippen molar-refractivity contribution in [1.82, 2.24) is 10.2 Å². The molecule has 7 nitrogen and oxygen atoms in total. The number of anilines is 1. The summed E-state index contributed by atoms with van der Waals surface area (Å²) in [4.78, 5) is 28.9. The van der Waals surface area contributed by atoms with Gasteiger partial charge >= 0.3 is 0 Å². The first-order chi connectivity index (χ1) is 19.8. The van der Waals surface area contributed by atoms with Gasteiger partial charge in [0, 0.05) is 32.5 Å². The Hall–Kier alpha value is -3.14. The average Bonchev–Trinajstić information content (AvgIpc) is 2.94. The van der Waals surface area contributed by atoms with Crippen molar-refractivity contribution in [3.8, 4) is 0 Å². The Morgan fingerprint density at radius 2 is 1.60 bits per heavy atom. The van der Waals surface area contributed by atoms with Gasteiger partial charge in [0.15, 0.2) is 0 Å². The van der Waals surface area contributed by atoms with Crippen molar-refractivity contribution < 1.29 is 22.4 Å². The van der Waals surface area contributed by atoms with E-state index in [4.69, 9.17) is 23.2 Å². The van der Waals surface area contributed by atoms with Crippen molar-refractivity contribution in [1.29, 1.82) is 0 Å². The number of sulfonamides is 1. The van der Waals surface area contributed by atoms with Gasteiger partial charge in [-0.25, -0.2) is 12.8 Å². The molecule has 2 amide bonds. The maximum absolute atomic E-state index is 13.9. The minimum absolute atomic E-state index is 0.000281. The average molecular weight is 637 g/mol. The fourth-order valence-corrected chi connectivity index (χ4v) is 5.71. The molecule has 226 valence electrons. The molecule has 0 bridgehead atoms. The molecule has 0 unspecified atom stereocenters. The van der Waals surface area contributed by atoms with Crippen molar-refractivity contribution in [2.24, 2.45) is 5.92 Å². The van der Waals surface area contributed by atoms with Gasteiger partial charge in [0.05, 0.1) is 22.0 Å². The first-order valence-electron chi connectivity index (χ1n) is 13.6. The van der Waals surface area contributed by atoms with Crippen LogP contribution >= 0.6 is 23.2 Å². The highest BCUT2D eigenvalue weighted by Crippen LogP contribution is 2.25. The Bertz CT molecular complexity index is 1450. The summed E-state index contributed by atoms with van der Waals surface area (Å²) in [5.41, 5.74) is 1.87. The molecule has 3 aromatic rings. The lowest BCUT2D eigenvalue weighted by Gasteiger charge is -2.32. The zero-order valence-corrected chi connectivity index (χ0v) is 26.2. The SMILES string of the molecule is CC(C)CNC(=O)[C@@H](Cc1ccccc1)N(Cc1ccc(Cl)c(Cl)c1)C(=O)CCCN(c1ccc(F)cc1)S(C)(=O)=O. The van der Waals surface area contributed by atoms with E-state index in [9.17, 15) is 22.4 Å². The molecule has 3 rings (SSSR count). The van der Waals surface area contributed by atoms with E-state index in [0.29, 0.717) is 27.8 Å². The van der Waals surface area contributed by atoms with E-state index in [1.54, 1.807) is 18.2 Å². The van der Waals surface area contributed by atoms with E-state index in [2.05, 4.69) is 5.32 Å². The van der Waals surface area contributed by atoms with Crippen molar-refractivity contribution in [3.05, 3.63) is 99.8 Å². The Kier molecular flexibility index (Phi) is 12.2. The van der Waals surface area contributed by atoms with Crippen LogP contribution in [-0.4, -0.2) is 50.5 Å². The number of carbonyl (C=O) groups excluding carboxylic acids is 2. The zero-order chi connectivity index (χ0) is 30.9. The van der Waals surface area contributed by atoms with Gasteiger partial charge in [-0.05, 0) is 59.9 Å². The molecule has 0 radical (unpaired) electrons. The highest BCUT2D eigenvalue weighted by atomic mass is 35.5. The molecular formula is C31H36Cl2FN3O4S. The minimum atomic E-state index is -3.70. The minimum Gasteiger partial charge on any atom is -0.354 e. The standard InChI is InChI=1S/C31H36Cl2FN3O4S/c1-22(2)20-35-31(39)29(19-23-8-5-4-6-9-23)36(21-24-11-16-27(32)28(33)18-24)30(38)10-7-17-37(42(3,40)41)26-14-12-25(34)13-15-26/h4-6,8-9,11-16,18,22,29H,7,10,17,19-21H2,1-3H3,(H,35,39)/t29-/m1/s1. The third-order valence-corrected chi connectivity index (χ3v) is 8.49. The van der Waals surface area contributed by atoms with E-state index in [1.807, 2.05) is 44.2 Å². The summed E-state index contributed by atoms with van der Waals surface area (Å²) >= 11 is 12.4. The molecule has 0 aliphatic heterocycles. The number of nitrogens with zero attached hydrogens (tertiary/aromatic N) is 2. The predicted octanol–water partition coefficient (Wildman–Crippen LogP) is 6.09. The smallest absolute Gasteiger partial charge is 0.243 e. The second-order valence-corrected chi connectivity index (χ2v) is 13.3. The highest BCUT2D eigenvalue weighted by Gasteiger charge is 2.30. The largest absolute Gasteiger partial charge is 0.354 e. The summed E-state index contributed by atoms with van der Waals surface area (Å²) in [5.74, 6) is -0.890. The Morgan fingerprint density at radius 1 is 0.929 bits per heavy atom. The van der Waals surface area contributed by atoms with Crippen LogP contribution in [0.1, 0.15) is 37.8 Å². The highest BCUT2D eigenvalue weighted by molar-refractivity contribution is 7.92. The molecule has 11 heteroatoms. The molecular weight excluding hydrogens is 600 g/mol. The van der Waals surface area contributed by atoms with Gasteiger partial charge in [0.2, 0.25) is 21.8 Å². The maximum Gasteiger partial charge on any atom is 0.243 e. The number of benzene rings is 3. The monoisotopic (exact) mass is 635 g/mol. The van der Waals surface area contributed by atoms with Crippen LogP contribution in [0, 0.1) is 11.7 Å². The normalized spacial score (nSPS) is 12.2. The van der Waals surface area contributed by atoms with E-state index < -0.39 is 21.9 Å². The summed E-state index contributed by atoms with van der Waals surface area (Å²) in [6.45, 7) is 4.51. The van der Waals surface area contributed by atoms with Gasteiger partial charge in [-0.3, -0.25) is 13.9 Å². The molecule has 0 heterocycles. The van der Waals surface area contributed by atoms with Crippen LogP contribution in [0.2, 0.25) is 10.0 Å². The van der Waals surface area contributed by atoms with Crippen molar-refractivity contribution in [3.63, 3.8) is 0 Å². The number of hydrogen-bond acceptors (Lipinski definition) is 4. The van der Waals surface area contributed by atoms with Crippen LogP contribution in [0.4, 0.5) is 10.1 Å². The van der Waals surface area contributed by atoms with Crippen LogP contribution in [-0.2, 0) is 32.6 Å². The molecule has 3 aromatic carbocycles. The third-order valence-electron chi connectivity index (χ3n) is 6.56. The van der Waals surface area contributed by atoms with Crippen molar-refractivity contribution in [2.75, 3.05) is 23.7 Å². The second-order valence-electron chi connectivity index (χ2n) is 10.5. The first-order valence-corrected chi connectivity index (χ1v) is 16.2. The van der Waals surface area contributed by atoms with E-state index in [0.717, 1.165) is 16.1 Å². The van der Waals surface area contributed by atoms with Crippen LogP contribution in [0.5, 0.6) is 0 Å². The number of carbonyl (C=O) groups is 2. The lowest BCUT2D eigenvalue weighted by molar-refractivity contribution is -0.141. The lowest BCUT2D eigenvalue weighted by atomic mass is 10.0. The Labute approximate surface area is 257 Å². The third kappa shape index (κ3) is 10.00. The molecule has 0 fully saturated rings. The quantitative estimate of drug-likeness (QED) is 0.232. The van der Waals surface area contributed by atoms with Crippen LogP contribution in [0.15, 0.2) is 72.8 Å². The van der Waals surface area contributed by atoms with Crippen LogP contribution < -0.4 is 9.62 Å². The van der Waals surface area contributed by atoms with Crippen molar-refractivity contribution in [2.45, 2.75) is 45.7 Å². The number of halogens is 3. The van der Waals surface area contributed by atoms with Crippen LogP contribution in [0.3, 0.4) is 0 Å². The number of rotatable bonds is 14. The Morgan fingerprint density at radius 3 is 2.19 bits per heavy atom. The summed E-state index contributed by atoms with van der Waals surface area (Å²) in [7, 11) is -3.70. The van der Waals surface area contributed by atoms with E-state index in [1.165, 1.54) is 29.2 Å². The molecule has 0 saturated heterocycles. The maximum atomic E-state index is 13.9. The van der Waals surface area contributed by atoms with Gasteiger partial charge in [-0.1, -0.05) is 73.4 Å². The summed E-state index contributed by atoms with van der Waals surface area (Å²) in [5, 5.41) is 3.66. The predicted molar refractivity (Wildman–Crippen MR) is 167 cm³/mol. The zero-order valence-electron chi connectivity index (χ0n) is 23.9. The molecule has 0 aliphatic rings. The molecule has 0 aromatic heterocycles. The molecule has 1 N–H and O–H groups in total. The van der Waals surface area contributed by atoms with Gasteiger partial charge in [-0.2, -0.15) is 0 Å². The van der Waals surface area contributed by atoms with E-state index >= 15 is 0 Å². The van der Waals surface area contributed by atoms with E-state index in [-0.39, 0.29) is 50.1 Å². The summed E-state index contributed by atoms with van der Waals surface area (Å²) in [6, 6.07) is 18.8. The summed E-state index contributed by atoms with van der Waals surface area (Å²) in [6.07, 6.45) is 1.48. The number of amides is 2. The molecule has 42 heavy (non-hydrogen) atoms. The number of nitrogens with one attached hydrogen (secondary N) is 1. The fraction of sp³-hybridized carbons (Fsp3) is 0.355. The molecule has 0 saturated carbocycles. The van der Waals surface area contributed by atoms with Crippen LogP contribution in [0.25, 0.3) is 0 Å². The molecule has 0 aliphatic carbocycles. The fourth-order valence-electron chi connectivity index (χ4n) is 4.42. The van der Waals surface area contributed by atoms with Crippen molar-refractivity contribution >= 4 is 50.7 Å². The van der Waals surface area contributed by atoms with Gasteiger partial charge < -0.3 is 10.2 Å². The lowest BCUT2D eigenvalue weighted by Crippen LogP contribution is -2.51. The van der Waals surface area contributed by atoms with Gasteiger partial charge in [0.25, 0.3) is 0 Å². The van der Waals surface area contributed by atoms with Gasteiger partial charge in [0.1, 0.15) is 11.9 Å².